The number of benzene rings is 1. The maximum Gasteiger partial charge on any atom is 0.00671 e. The lowest BCUT2D eigenvalue weighted by molar-refractivity contribution is 0.320. The molecular formula is C15H23N. The zero-order chi connectivity index (χ0) is 11.4. The van der Waals surface area contributed by atoms with E-state index in [1.807, 2.05) is 0 Å². The molecule has 0 aliphatic heterocycles. The Bertz CT molecular complexity index is 328. The van der Waals surface area contributed by atoms with Crippen LogP contribution in [0.3, 0.4) is 0 Å². The summed E-state index contributed by atoms with van der Waals surface area (Å²) in [6.45, 7) is 5.72. The van der Waals surface area contributed by atoms with E-state index in [0.29, 0.717) is 0 Å². The predicted octanol–water partition coefficient (Wildman–Crippen LogP) is 3.32. The van der Waals surface area contributed by atoms with Gasteiger partial charge >= 0.3 is 0 Å². The molecule has 0 heterocycles. The maximum absolute atomic E-state index is 3.66. The standard InChI is InChI=1S/C15H23N/c1-12(11-16-15-8-5-9-15)10-14-7-4-3-6-13(14)2/h3-4,6-7,12,15-16H,5,8-11H2,1-2H3. The fourth-order valence-electron chi connectivity index (χ4n) is 2.27. The van der Waals surface area contributed by atoms with Gasteiger partial charge in [-0.3, -0.25) is 0 Å². The summed E-state index contributed by atoms with van der Waals surface area (Å²) in [6.07, 6.45) is 5.39. The Morgan fingerprint density at radius 2 is 2.06 bits per heavy atom. The van der Waals surface area contributed by atoms with Gasteiger partial charge in [0.15, 0.2) is 0 Å². The van der Waals surface area contributed by atoms with Gasteiger partial charge in [-0.1, -0.05) is 37.6 Å². The van der Waals surface area contributed by atoms with Crippen molar-refractivity contribution in [1.82, 2.24) is 5.32 Å². The minimum absolute atomic E-state index is 0.738. The molecule has 0 saturated heterocycles. The first-order chi connectivity index (χ1) is 7.75. The molecule has 1 aliphatic rings. The van der Waals surface area contributed by atoms with E-state index in [2.05, 4.69) is 43.4 Å². The monoisotopic (exact) mass is 217 g/mol. The van der Waals surface area contributed by atoms with E-state index in [-0.39, 0.29) is 0 Å². The summed E-state index contributed by atoms with van der Waals surface area (Å²) in [6, 6.07) is 9.56. The number of hydrogen-bond donors (Lipinski definition) is 1. The molecule has 0 bridgehead atoms. The SMILES string of the molecule is Cc1ccccc1CC(C)CNC1CCC1. The Morgan fingerprint density at radius 1 is 1.31 bits per heavy atom. The normalized spacial score (nSPS) is 18.1. The van der Waals surface area contributed by atoms with Gasteiger partial charge in [-0.25, -0.2) is 0 Å². The molecule has 1 unspecified atom stereocenters. The highest BCUT2D eigenvalue weighted by molar-refractivity contribution is 5.25. The molecule has 0 amide bonds. The lowest BCUT2D eigenvalue weighted by Gasteiger charge is -2.28. The molecule has 1 aliphatic carbocycles. The van der Waals surface area contributed by atoms with E-state index in [9.17, 15) is 0 Å². The van der Waals surface area contributed by atoms with Crippen LogP contribution in [0.25, 0.3) is 0 Å². The Balaban J connectivity index is 1.77. The maximum atomic E-state index is 3.66. The zero-order valence-corrected chi connectivity index (χ0v) is 10.5. The fourth-order valence-corrected chi connectivity index (χ4v) is 2.27. The van der Waals surface area contributed by atoms with Gasteiger partial charge < -0.3 is 5.32 Å². The summed E-state index contributed by atoms with van der Waals surface area (Å²) in [5.41, 5.74) is 2.93. The van der Waals surface area contributed by atoms with Crippen LogP contribution in [0.5, 0.6) is 0 Å². The largest absolute Gasteiger partial charge is 0.314 e. The lowest BCUT2D eigenvalue weighted by Crippen LogP contribution is -2.38. The molecule has 1 aromatic carbocycles. The average molecular weight is 217 g/mol. The van der Waals surface area contributed by atoms with E-state index in [1.165, 1.54) is 43.4 Å². The molecule has 0 aromatic heterocycles. The van der Waals surface area contributed by atoms with Crippen LogP contribution in [-0.2, 0) is 6.42 Å². The van der Waals surface area contributed by atoms with Crippen molar-refractivity contribution in [2.75, 3.05) is 6.54 Å². The van der Waals surface area contributed by atoms with E-state index >= 15 is 0 Å². The number of rotatable bonds is 5. The minimum Gasteiger partial charge on any atom is -0.314 e. The van der Waals surface area contributed by atoms with Crippen molar-refractivity contribution in [2.24, 2.45) is 5.92 Å². The Kier molecular flexibility index (Phi) is 4.00. The Hall–Kier alpha value is -0.820. The van der Waals surface area contributed by atoms with Crippen molar-refractivity contribution in [1.29, 1.82) is 0 Å². The van der Waals surface area contributed by atoms with Crippen LogP contribution in [0.4, 0.5) is 0 Å². The van der Waals surface area contributed by atoms with E-state index in [0.717, 1.165) is 12.0 Å². The van der Waals surface area contributed by atoms with Crippen LogP contribution in [0, 0.1) is 12.8 Å². The highest BCUT2D eigenvalue weighted by atomic mass is 14.9. The fraction of sp³-hybridized carbons (Fsp3) is 0.600. The first-order valence-corrected chi connectivity index (χ1v) is 6.53. The summed E-state index contributed by atoms with van der Waals surface area (Å²) in [4.78, 5) is 0. The summed E-state index contributed by atoms with van der Waals surface area (Å²) in [5, 5.41) is 3.66. The van der Waals surface area contributed by atoms with E-state index in [4.69, 9.17) is 0 Å². The Morgan fingerprint density at radius 3 is 2.69 bits per heavy atom. The minimum atomic E-state index is 0.738. The quantitative estimate of drug-likeness (QED) is 0.798. The van der Waals surface area contributed by atoms with E-state index < -0.39 is 0 Å². The molecule has 1 saturated carbocycles. The molecule has 88 valence electrons. The number of nitrogens with one attached hydrogen (secondary N) is 1. The molecule has 2 rings (SSSR count). The first-order valence-electron chi connectivity index (χ1n) is 6.53. The molecule has 1 nitrogen and oxygen atoms in total. The van der Waals surface area contributed by atoms with Crippen LogP contribution < -0.4 is 5.32 Å². The van der Waals surface area contributed by atoms with Crippen LogP contribution in [-0.4, -0.2) is 12.6 Å². The van der Waals surface area contributed by atoms with Crippen molar-refractivity contribution in [3.05, 3.63) is 35.4 Å². The van der Waals surface area contributed by atoms with E-state index in [1.54, 1.807) is 0 Å². The van der Waals surface area contributed by atoms with Gasteiger partial charge in [0.1, 0.15) is 0 Å². The second kappa shape index (κ2) is 5.49. The van der Waals surface area contributed by atoms with Crippen molar-refractivity contribution >= 4 is 0 Å². The molecule has 1 N–H and O–H groups in total. The molecule has 1 aromatic rings. The summed E-state index contributed by atoms with van der Waals surface area (Å²) >= 11 is 0. The molecule has 16 heavy (non-hydrogen) atoms. The van der Waals surface area contributed by atoms with Crippen LogP contribution in [0.2, 0.25) is 0 Å². The molecule has 1 heteroatoms. The van der Waals surface area contributed by atoms with Gasteiger partial charge in [-0.15, -0.1) is 0 Å². The van der Waals surface area contributed by atoms with Gasteiger partial charge in [0, 0.05) is 6.04 Å². The second-order valence-electron chi connectivity index (χ2n) is 5.27. The predicted molar refractivity (Wildman–Crippen MR) is 69.7 cm³/mol. The zero-order valence-electron chi connectivity index (χ0n) is 10.5. The van der Waals surface area contributed by atoms with Crippen LogP contribution in [0.1, 0.15) is 37.3 Å². The van der Waals surface area contributed by atoms with Crippen LogP contribution >= 0.6 is 0 Å². The smallest absolute Gasteiger partial charge is 0.00671 e. The third kappa shape index (κ3) is 3.08. The average Bonchev–Trinajstić information content (AvgIpc) is 2.19. The van der Waals surface area contributed by atoms with Gasteiger partial charge in [0.2, 0.25) is 0 Å². The third-order valence-corrected chi connectivity index (χ3v) is 3.69. The summed E-state index contributed by atoms with van der Waals surface area (Å²) in [5.74, 6) is 0.738. The van der Waals surface area contributed by atoms with Gasteiger partial charge in [-0.05, 0) is 49.8 Å². The Labute approximate surface area is 99.3 Å². The third-order valence-electron chi connectivity index (χ3n) is 3.69. The summed E-state index contributed by atoms with van der Waals surface area (Å²) < 4.78 is 0. The van der Waals surface area contributed by atoms with Crippen molar-refractivity contribution < 1.29 is 0 Å². The van der Waals surface area contributed by atoms with Gasteiger partial charge in [0.25, 0.3) is 0 Å². The number of hydrogen-bond acceptors (Lipinski definition) is 1. The molecule has 1 fully saturated rings. The molecule has 0 spiro atoms. The van der Waals surface area contributed by atoms with Crippen LogP contribution in [0.15, 0.2) is 24.3 Å². The lowest BCUT2D eigenvalue weighted by atomic mass is 9.92. The molecule has 1 atom stereocenters. The first kappa shape index (κ1) is 11.7. The topological polar surface area (TPSA) is 12.0 Å². The summed E-state index contributed by atoms with van der Waals surface area (Å²) in [7, 11) is 0. The molecule has 0 radical (unpaired) electrons. The second-order valence-corrected chi connectivity index (χ2v) is 5.27. The highest BCUT2D eigenvalue weighted by Gasteiger charge is 2.17. The van der Waals surface area contributed by atoms with Crippen molar-refractivity contribution in [3.8, 4) is 0 Å². The van der Waals surface area contributed by atoms with Gasteiger partial charge in [-0.2, -0.15) is 0 Å². The van der Waals surface area contributed by atoms with Crippen molar-refractivity contribution in [2.45, 2.75) is 45.6 Å². The van der Waals surface area contributed by atoms with Gasteiger partial charge in [0.05, 0.1) is 0 Å². The molecular weight excluding hydrogens is 194 g/mol. The highest BCUT2D eigenvalue weighted by Crippen LogP contribution is 2.19. The number of aryl methyl sites for hydroxylation is 1. The van der Waals surface area contributed by atoms with Crippen molar-refractivity contribution in [3.63, 3.8) is 0 Å².